The molecule has 6 heteroatoms. The summed E-state index contributed by atoms with van der Waals surface area (Å²) in [5.74, 6) is 1.86. The van der Waals surface area contributed by atoms with Gasteiger partial charge in [-0.05, 0) is 75.4 Å². The first-order chi connectivity index (χ1) is 18.7. The van der Waals surface area contributed by atoms with E-state index < -0.39 is 0 Å². The Bertz CT molecular complexity index is 1510. The van der Waals surface area contributed by atoms with Crippen LogP contribution in [-0.4, -0.2) is 20.4 Å². The van der Waals surface area contributed by atoms with E-state index in [-0.39, 0.29) is 16.2 Å². The van der Waals surface area contributed by atoms with Crippen molar-refractivity contribution in [1.82, 2.24) is 20.4 Å². The van der Waals surface area contributed by atoms with Crippen LogP contribution >= 0.6 is 0 Å². The van der Waals surface area contributed by atoms with Gasteiger partial charge in [-0.2, -0.15) is 0 Å². The van der Waals surface area contributed by atoms with Gasteiger partial charge in [-0.15, -0.1) is 20.4 Å². The molecule has 0 fully saturated rings. The van der Waals surface area contributed by atoms with E-state index in [1.54, 1.807) is 0 Å². The summed E-state index contributed by atoms with van der Waals surface area (Å²) in [4.78, 5) is 0. The minimum absolute atomic E-state index is 0.0762. The van der Waals surface area contributed by atoms with Gasteiger partial charge in [0.1, 0.15) is 0 Å². The Balaban J connectivity index is 1.49. The lowest BCUT2D eigenvalue weighted by Gasteiger charge is -2.20. The van der Waals surface area contributed by atoms with Gasteiger partial charge >= 0.3 is 0 Å². The lowest BCUT2D eigenvalue weighted by Crippen LogP contribution is -2.11. The molecule has 0 N–H and O–H groups in total. The standard InChI is InChI=1S/C34H38N4O2/c1-32(2,3)25-14-10-21(11-15-25)28-35-37-30(39-28)23-18-24(20-27(19-23)34(7,8)9)31-38-36-29(40-31)22-12-16-26(17-13-22)33(4,5)6/h10-20H,1-9H3. The quantitative estimate of drug-likeness (QED) is 0.229. The third-order valence-electron chi connectivity index (χ3n) is 7.14. The summed E-state index contributed by atoms with van der Waals surface area (Å²) in [7, 11) is 0. The molecular formula is C34H38N4O2. The number of rotatable bonds is 4. The van der Waals surface area contributed by atoms with Crippen molar-refractivity contribution in [2.45, 2.75) is 78.6 Å². The van der Waals surface area contributed by atoms with Gasteiger partial charge in [-0.3, -0.25) is 0 Å². The van der Waals surface area contributed by atoms with Gasteiger partial charge in [-0.1, -0.05) is 86.6 Å². The van der Waals surface area contributed by atoms with Crippen molar-refractivity contribution in [2.24, 2.45) is 0 Å². The summed E-state index contributed by atoms with van der Waals surface area (Å²) in [5, 5.41) is 17.5. The first-order valence-corrected chi connectivity index (χ1v) is 13.7. The topological polar surface area (TPSA) is 77.8 Å². The fourth-order valence-corrected chi connectivity index (χ4v) is 4.45. The Morgan fingerprint density at radius 2 is 0.675 bits per heavy atom. The molecule has 0 unspecified atom stereocenters. The zero-order valence-corrected chi connectivity index (χ0v) is 25.0. The maximum Gasteiger partial charge on any atom is 0.248 e. The highest BCUT2D eigenvalue weighted by molar-refractivity contribution is 5.68. The summed E-state index contributed by atoms with van der Waals surface area (Å²) >= 11 is 0. The molecule has 0 aliphatic carbocycles. The molecule has 5 aromatic rings. The van der Waals surface area contributed by atoms with Crippen LogP contribution in [0, 0.1) is 0 Å². The second-order valence-corrected chi connectivity index (χ2v) is 13.5. The molecule has 0 bridgehead atoms. The number of nitrogens with zero attached hydrogens (tertiary/aromatic N) is 4. The molecule has 206 valence electrons. The van der Waals surface area contributed by atoms with Crippen molar-refractivity contribution in [3.63, 3.8) is 0 Å². The Kier molecular flexibility index (Phi) is 6.77. The Hall–Kier alpha value is -4.06. The van der Waals surface area contributed by atoms with E-state index in [0.717, 1.165) is 27.8 Å². The first-order valence-electron chi connectivity index (χ1n) is 13.7. The van der Waals surface area contributed by atoms with Crippen LogP contribution in [0.25, 0.3) is 45.8 Å². The number of benzene rings is 3. The van der Waals surface area contributed by atoms with Gasteiger partial charge in [0.2, 0.25) is 23.6 Å². The van der Waals surface area contributed by atoms with Gasteiger partial charge in [0, 0.05) is 22.3 Å². The summed E-state index contributed by atoms with van der Waals surface area (Å²) < 4.78 is 12.3. The third kappa shape index (κ3) is 5.76. The lowest BCUT2D eigenvalue weighted by atomic mass is 9.85. The summed E-state index contributed by atoms with van der Waals surface area (Å²) in [5.41, 5.74) is 7.02. The zero-order valence-electron chi connectivity index (χ0n) is 25.0. The van der Waals surface area contributed by atoms with Crippen LogP contribution in [0.4, 0.5) is 0 Å². The van der Waals surface area contributed by atoms with Gasteiger partial charge in [-0.25, -0.2) is 0 Å². The molecule has 2 aromatic heterocycles. The predicted molar refractivity (Wildman–Crippen MR) is 160 cm³/mol. The highest BCUT2D eigenvalue weighted by atomic mass is 16.4. The maximum absolute atomic E-state index is 6.16. The lowest BCUT2D eigenvalue weighted by molar-refractivity contribution is 0.574. The molecule has 0 amide bonds. The van der Waals surface area contributed by atoms with E-state index in [2.05, 4.69) is 119 Å². The minimum Gasteiger partial charge on any atom is -0.416 e. The highest BCUT2D eigenvalue weighted by Crippen LogP contribution is 2.35. The normalized spacial score (nSPS) is 12.6. The fraction of sp³-hybridized carbons (Fsp3) is 0.353. The van der Waals surface area contributed by atoms with E-state index in [1.807, 2.05) is 30.3 Å². The molecule has 0 saturated carbocycles. The minimum atomic E-state index is -0.123. The maximum atomic E-state index is 6.16. The average Bonchev–Trinajstić information content (AvgIpc) is 3.58. The van der Waals surface area contributed by atoms with E-state index in [4.69, 9.17) is 8.83 Å². The van der Waals surface area contributed by atoms with Crippen LogP contribution in [-0.2, 0) is 16.2 Å². The largest absolute Gasteiger partial charge is 0.416 e. The molecule has 0 aliphatic heterocycles. The molecule has 0 atom stereocenters. The van der Waals surface area contributed by atoms with Crippen molar-refractivity contribution in [1.29, 1.82) is 0 Å². The van der Waals surface area contributed by atoms with Gasteiger partial charge in [0.15, 0.2) is 0 Å². The molecule has 3 aromatic carbocycles. The van der Waals surface area contributed by atoms with Gasteiger partial charge in [0.05, 0.1) is 0 Å². The Morgan fingerprint density at radius 1 is 0.375 bits per heavy atom. The molecule has 2 heterocycles. The smallest absolute Gasteiger partial charge is 0.248 e. The van der Waals surface area contributed by atoms with Crippen molar-refractivity contribution in [2.75, 3.05) is 0 Å². The SMILES string of the molecule is CC(C)(C)c1ccc(-c2nnc(-c3cc(-c4nnc(-c5ccc(C(C)(C)C)cc5)o4)cc(C(C)(C)C)c3)o2)cc1. The second-order valence-electron chi connectivity index (χ2n) is 13.5. The molecule has 0 aliphatic rings. The van der Waals surface area contributed by atoms with Crippen molar-refractivity contribution in [3.05, 3.63) is 83.4 Å². The van der Waals surface area contributed by atoms with E-state index >= 15 is 0 Å². The van der Waals surface area contributed by atoms with E-state index in [0.29, 0.717) is 23.6 Å². The van der Waals surface area contributed by atoms with Crippen LogP contribution in [0.15, 0.2) is 75.6 Å². The zero-order chi connectivity index (χ0) is 28.9. The Morgan fingerprint density at radius 3 is 0.975 bits per heavy atom. The molecule has 40 heavy (non-hydrogen) atoms. The Labute approximate surface area is 236 Å². The predicted octanol–water partition coefficient (Wildman–Crippen LogP) is 9.01. The van der Waals surface area contributed by atoms with Crippen molar-refractivity contribution >= 4 is 0 Å². The van der Waals surface area contributed by atoms with Crippen molar-refractivity contribution in [3.8, 4) is 45.8 Å². The van der Waals surface area contributed by atoms with Crippen LogP contribution in [0.2, 0.25) is 0 Å². The van der Waals surface area contributed by atoms with Crippen LogP contribution in [0.1, 0.15) is 79.0 Å². The fourth-order valence-electron chi connectivity index (χ4n) is 4.45. The summed E-state index contributed by atoms with van der Waals surface area (Å²) in [6.45, 7) is 19.7. The van der Waals surface area contributed by atoms with E-state index in [9.17, 15) is 0 Å². The third-order valence-corrected chi connectivity index (χ3v) is 7.14. The molecule has 0 radical (unpaired) electrons. The molecule has 0 saturated heterocycles. The summed E-state index contributed by atoms with van der Waals surface area (Å²) in [6.07, 6.45) is 0. The van der Waals surface area contributed by atoms with Crippen LogP contribution < -0.4 is 0 Å². The molecular weight excluding hydrogens is 496 g/mol. The second kappa shape index (κ2) is 9.84. The molecule has 0 spiro atoms. The number of hydrogen-bond donors (Lipinski definition) is 0. The monoisotopic (exact) mass is 534 g/mol. The van der Waals surface area contributed by atoms with E-state index in [1.165, 1.54) is 11.1 Å². The van der Waals surface area contributed by atoms with Crippen molar-refractivity contribution < 1.29 is 8.83 Å². The number of aromatic nitrogens is 4. The van der Waals surface area contributed by atoms with Gasteiger partial charge < -0.3 is 8.83 Å². The number of hydrogen-bond acceptors (Lipinski definition) is 6. The van der Waals surface area contributed by atoms with Crippen LogP contribution in [0.3, 0.4) is 0 Å². The van der Waals surface area contributed by atoms with Gasteiger partial charge in [0.25, 0.3) is 0 Å². The molecule has 5 rings (SSSR count). The highest BCUT2D eigenvalue weighted by Gasteiger charge is 2.22. The average molecular weight is 535 g/mol. The molecule has 6 nitrogen and oxygen atoms in total. The van der Waals surface area contributed by atoms with Crippen LogP contribution in [0.5, 0.6) is 0 Å². The first kappa shape index (κ1) is 27.5. The summed E-state index contributed by atoms with van der Waals surface area (Å²) in [6, 6.07) is 22.7.